The van der Waals surface area contributed by atoms with E-state index < -0.39 is 0 Å². The van der Waals surface area contributed by atoms with Crippen molar-refractivity contribution in [2.24, 2.45) is 0 Å². The number of aliphatic hydroxyl groups is 1. The highest BCUT2D eigenvalue weighted by atomic mass is 79.9. The van der Waals surface area contributed by atoms with Crippen LogP contribution in [0.25, 0.3) is 10.8 Å². The third-order valence-corrected chi connectivity index (χ3v) is 3.34. The highest BCUT2D eigenvalue weighted by Crippen LogP contribution is 2.31. The van der Waals surface area contributed by atoms with Crippen molar-refractivity contribution in [2.75, 3.05) is 0 Å². The number of halogens is 1. The molecule has 0 bridgehead atoms. The maximum atomic E-state index is 9.90. The van der Waals surface area contributed by atoms with E-state index in [1.165, 1.54) is 0 Å². The summed E-state index contributed by atoms with van der Waals surface area (Å²) in [5.74, 6) is 0. The van der Waals surface area contributed by atoms with Crippen molar-refractivity contribution < 1.29 is 5.11 Å². The van der Waals surface area contributed by atoms with Crippen molar-refractivity contribution in [1.82, 2.24) is 0 Å². The molecule has 2 aromatic carbocycles. The van der Waals surface area contributed by atoms with Crippen molar-refractivity contribution in [3.63, 3.8) is 0 Å². The molecule has 0 amide bonds. The van der Waals surface area contributed by atoms with Crippen LogP contribution in [0.5, 0.6) is 0 Å². The topological polar surface area (TPSA) is 20.2 Å². The molecule has 2 aromatic rings. The van der Waals surface area contributed by atoms with Gasteiger partial charge in [-0.2, -0.15) is 0 Å². The van der Waals surface area contributed by atoms with E-state index in [0.29, 0.717) is 0 Å². The Hall–Kier alpha value is -0.860. The number of fused-ring (bicyclic) bond motifs is 1. The molecule has 1 N–H and O–H groups in total. The third kappa shape index (κ3) is 1.92. The number of benzene rings is 2. The standard InChI is InChI=1S/C13H13BrO/c1-2-13(15)11-7-8-12(14)10-6-4-3-5-9(10)11/h3-8,13,15H,2H2,1H3. The monoisotopic (exact) mass is 264 g/mol. The van der Waals surface area contributed by atoms with Gasteiger partial charge in [0.15, 0.2) is 0 Å². The largest absolute Gasteiger partial charge is 0.388 e. The number of hydrogen-bond donors (Lipinski definition) is 1. The van der Waals surface area contributed by atoms with Gasteiger partial charge in [-0.05, 0) is 28.8 Å². The van der Waals surface area contributed by atoms with Gasteiger partial charge in [0.2, 0.25) is 0 Å². The van der Waals surface area contributed by atoms with Crippen molar-refractivity contribution in [3.05, 3.63) is 46.4 Å². The van der Waals surface area contributed by atoms with Gasteiger partial charge in [-0.3, -0.25) is 0 Å². The minimum atomic E-state index is -0.372. The first-order valence-electron chi connectivity index (χ1n) is 5.09. The molecule has 2 heteroatoms. The fraction of sp³-hybridized carbons (Fsp3) is 0.231. The van der Waals surface area contributed by atoms with Crippen LogP contribution >= 0.6 is 15.9 Å². The van der Waals surface area contributed by atoms with Gasteiger partial charge in [0.25, 0.3) is 0 Å². The molecular formula is C13H13BrO. The molecule has 0 saturated heterocycles. The second-order valence-corrected chi connectivity index (χ2v) is 4.46. The van der Waals surface area contributed by atoms with E-state index in [9.17, 15) is 5.11 Å². The first-order valence-corrected chi connectivity index (χ1v) is 5.88. The summed E-state index contributed by atoms with van der Waals surface area (Å²) in [7, 11) is 0. The van der Waals surface area contributed by atoms with Gasteiger partial charge >= 0.3 is 0 Å². The zero-order chi connectivity index (χ0) is 10.8. The maximum absolute atomic E-state index is 9.90. The summed E-state index contributed by atoms with van der Waals surface area (Å²) in [5.41, 5.74) is 1.01. The van der Waals surface area contributed by atoms with E-state index in [4.69, 9.17) is 0 Å². The Labute approximate surface area is 97.9 Å². The van der Waals surface area contributed by atoms with Gasteiger partial charge < -0.3 is 5.11 Å². The molecule has 0 fully saturated rings. The van der Waals surface area contributed by atoms with E-state index in [1.54, 1.807) is 0 Å². The predicted octanol–water partition coefficient (Wildman–Crippen LogP) is 4.05. The van der Waals surface area contributed by atoms with Crippen LogP contribution in [0.4, 0.5) is 0 Å². The quantitative estimate of drug-likeness (QED) is 0.868. The molecule has 0 aromatic heterocycles. The molecule has 0 saturated carbocycles. The van der Waals surface area contributed by atoms with Crippen LogP contribution in [0.2, 0.25) is 0 Å². The van der Waals surface area contributed by atoms with Crippen LogP contribution in [0, 0.1) is 0 Å². The zero-order valence-corrected chi connectivity index (χ0v) is 10.2. The molecule has 0 aliphatic rings. The van der Waals surface area contributed by atoms with Crippen molar-refractivity contribution in [1.29, 1.82) is 0 Å². The lowest BCUT2D eigenvalue weighted by Gasteiger charge is -2.12. The lowest BCUT2D eigenvalue weighted by atomic mass is 9.99. The summed E-state index contributed by atoms with van der Waals surface area (Å²) in [6.45, 7) is 1.99. The third-order valence-electron chi connectivity index (χ3n) is 2.65. The van der Waals surface area contributed by atoms with Crippen molar-refractivity contribution in [3.8, 4) is 0 Å². The Morgan fingerprint density at radius 3 is 2.47 bits per heavy atom. The van der Waals surface area contributed by atoms with E-state index in [1.807, 2.05) is 37.3 Å². The normalized spacial score (nSPS) is 13.0. The molecule has 15 heavy (non-hydrogen) atoms. The zero-order valence-electron chi connectivity index (χ0n) is 8.57. The van der Waals surface area contributed by atoms with Crippen LogP contribution in [0.15, 0.2) is 40.9 Å². The average molecular weight is 265 g/mol. The fourth-order valence-corrected chi connectivity index (χ4v) is 2.27. The number of rotatable bonds is 2. The lowest BCUT2D eigenvalue weighted by molar-refractivity contribution is 0.175. The van der Waals surface area contributed by atoms with Gasteiger partial charge in [0.1, 0.15) is 0 Å². The second-order valence-electron chi connectivity index (χ2n) is 3.61. The molecule has 0 aliphatic carbocycles. The van der Waals surface area contributed by atoms with Gasteiger partial charge in [-0.25, -0.2) is 0 Å². The highest BCUT2D eigenvalue weighted by Gasteiger charge is 2.09. The summed E-state index contributed by atoms with van der Waals surface area (Å²) >= 11 is 3.52. The van der Waals surface area contributed by atoms with Gasteiger partial charge in [0.05, 0.1) is 6.10 Å². The molecular weight excluding hydrogens is 252 g/mol. The predicted molar refractivity (Wildman–Crippen MR) is 66.9 cm³/mol. The first kappa shape index (κ1) is 10.7. The smallest absolute Gasteiger partial charge is 0.0793 e. The van der Waals surface area contributed by atoms with E-state index in [-0.39, 0.29) is 6.10 Å². The SMILES string of the molecule is CCC(O)c1ccc(Br)c2ccccc12. The lowest BCUT2D eigenvalue weighted by Crippen LogP contribution is -1.96. The number of aliphatic hydroxyl groups excluding tert-OH is 1. The molecule has 0 spiro atoms. The Kier molecular flexibility index (Phi) is 3.08. The maximum Gasteiger partial charge on any atom is 0.0793 e. The van der Waals surface area contributed by atoms with Gasteiger partial charge in [0, 0.05) is 4.47 Å². The molecule has 1 atom stereocenters. The highest BCUT2D eigenvalue weighted by molar-refractivity contribution is 9.10. The first-order chi connectivity index (χ1) is 7.24. The van der Waals surface area contributed by atoms with Crippen LogP contribution < -0.4 is 0 Å². The summed E-state index contributed by atoms with van der Waals surface area (Å²) < 4.78 is 1.07. The number of hydrogen-bond acceptors (Lipinski definition) is 1. The van der Waals surface area contributed by atoms with Gasteiger partial charge in [-0.15, -0.1) is 0 Å². The molecule has 0 radical (unpaired) electrons. The summed E-state index contributed by atoms with van der Waals surface area (Å²) in [5, 5.41) is 12.2. The van der Waals surface area contributed by atoms with E-state index >= 15 is 0 Å². The van der Waals surface area contributed by atoms with Gasteiger partial charge in [-0.1, -0.05) is 53.2 Å². The van der Waals surface area contributed by atoms with Crippen LogP contribution in [-0.2, 0) is 0 Å². The fourth-order valence-electron chi connectivity index (χ4n) is 1.80. The molecule has 1 unspecified atom stereocenters. The van der Waals surface area contributed by atoms with Crippen LogP contribution in [-0.4, -0.2) is 5.11 Å². The Bertz CT molecular complexity index is 479. The molecule has 78 valence electrons. The van der Waals surface area contributed by atoms with Crippen molar-refractivity contribution in [2.45, 2.75) is 19.4 Å². The molecule has 1 nitrogen and oxygen atoms in total. The summed E-state index contributed by atoms with van der Waals surface area (Å²) in [4.78, 5) is 0. The van der Waals surface area contributed by atoms with E-state index in [2.05, 4.69) is 22.0 Å². The minimum Gasteiger partial charge on any atom is -0.388 e. The second kappa shape index (κ2) is 4.33. The minimum absolute atomic E-state index is 0.372. The van der Waals surface area contributed by atoms with E-state index in [0.717, 1.165) is 27.2 Å². The molecule has 0 aliphatic heterocycles. The average Bonchev–Trinajstić information content (AvgIpc) is 2.29. The molecule has 2 rings (SSSR count). The van der Waals surface area contributed by atoms with Crippen molar-refractivity contribution >= 4 is 26.7 Å². The van der Waals surface area contributed by atoms with Crippen LogP contribution in [0.1, 0.15) is 25.0 Å². The Morgan fingerprint density at radius 2 is 1.80 bits per heavy atom. The summed E-state index contributed by atoms with van der Waals surface area (Å²) in [6, 6.07) is 12.1. The Morgan fingerprint density at radius 1 is 1.13 bits per heavy atom. The summed E-state index contributed by atoms with van der Waals surface area (Å²) in [6.07, 6.45) is 0.369. The molecule has 0 heterocycles. The van der Waals surface area contributed by atoms with Crippen LogP contribution in [0.3, 0.4) is 0 Å². The Balaban J connectivity index is 2.71.